The molecule has 20 heavy (non-hydrogen) atoms. The van der Waals surface area contributed by atoms with E-state index >= 15 is 0 Å². The first-order valence-corrected chi connectivity index (χ1v) is 7.81. The van der Waals surface area contributed by atoms with Crippen LogP contribution in [0.4, 0.5) is 5.95 Å². The van der Waals surface area contributed by atoms with Crippen molar-refractivity contribution in [2.45, 2.75) is 18.1 Å². The topological polar surface area (TPSA) is 76.1 Å². The maximum absolute atomic E-state index is 11.9. The summed E-state index contributed by atoms with van der Waals surface area (Å²) >= 11 is 7.48. The van der Waals surface area contributed by atoms with Gasteiger partial charge in [0.05, 0.1) is 12.9 Å². The van der Waals surface area contributed by atoms with Crippen LogP contribution in [0.5, 0.6) is 5.88 Å². The van der Waals surface area contributed by atoms with Crippen LogP contribution in [-0.4, -0.2) is 47.1 Å². The number of anilines is 1. The summed E-state index contributed by atoms with van der Waals surface area (Å²) in [5, 5.41) is 6.71. The Balaban J connectivity index is 1.83. The number of ether oxygens (including phenoxy) is 1. The van der Waals surface area contributed by atoms with E-state index in [4.69, 9.17) is 16.3 Å². The number of piperidine rings is 1. The summed E-state index contributed by atoms with van der Waals surface area (Å²) in [6.07, 6.45) is 2.19. The molecular formula is C12H17ClN4O2S. The van der Waals surface area contributed by atoms with E-state index in [0.717, 1.165) is 25.9 Å². The molecule has 1 saturated heterocycles. The minimum Gasteiger partial charge on any atom is -0.481 e. The van der Waals surface area contributed by atoms with Gasteiger partial charge in [-0.15, -0.1) is 11.8 Å². The second-order valence-electron chi connectivity index (χ2n) is 4.37. The van der Waals surface area contributed by atoms with Crippen molar-refractivity contribution in [3.63, 3.8) is 0 Å². The molecule has 0 aliphatic carbocycles. The van der Waals surface area contributed by atoms with E-state index in [0.29, 0.717) is 16.9 Å². The molecule has 0 saturated carbocycles. The Bertz CT molecular complexity index is 469. The summed E-state index contributed by atoms with van der Waals surface area (Å²) in [4.78, 5) is 19.8. The lowest BCUT2D eigenvalue weighted by Gasteiger charge is -2.21. The van der Waals surface area contributed by atoms with Crippen LogP contribution in [-0.2, 0) is 4.79 Å². The van der Waals surface area contributed by atoms with Gasteiger partial charge in [0.1, 0.15) is 5.15 Å². The summed E-state index contributed by atoms with van der Waals surface area (Å²) < 4.78 is 4.97. The molecule has 1 aliphatic heterocycles. The molecule has 0 bridgehead atoms. The molecule has 110 valence electrons. The van der Waals surface area contributed by atoms with Crippen LogP contribution in [0.1, 0.15) is 12.8 Å². The van der Waals surface area contributed by atoms with E-state index in [1.54, 1.807) is 11.8 Å². The Morgan fingerprint density at radius 2 is 2.30 bits per heavy atom. The Labute approximate surface area is 127 Å². The highest BCUT2D eigenvalue weighted by Gasteiger charge is 2.15. The van der Waals surface area contributed by atoms with Crippen LogP contribution in [0.3, 0.4) is 0 Å². The van der Waals surface area contributed by atoms with E-state index in [-0.39, 0.29) is 17.0 Å². The largest absolute Gasteiger partial charge is 0.481 e. The molecule has 1 fully saturated rings. The quantitative estimate of drug-likeness (QED) is 0.803. The lowest BCUT2D eigenvalue weighted by Crippen LogP contribution is -2.30. The normalized spacial score (nSPS) is 15.9. The summed E-state index contributed by atoms with van der Waals surface area (Å²) in [5.74, 6) is 0.762. The molecule has 2 rings (SSSR count). The zero-order valence-corrected chi connectivity index (χ0v) is 12.8. The van der Waals surface area contributed by atoms with Crippen LogP contribution in [0.25, 0.3) is 0 Å². The highest BCUT2D eigenvalue weighted by atomic mass is 35.5. The van der Waals surface area contributed by atoms with Crippen molar-refractivity contribution >= 4 is 35.2 Å². The summed E-state index contributed by atoms with van der Waals surface area (Å²) in [5.41, 5.74) is 0. The van der Waals surface area contributed by atoms with Crippen molar-refractivity contribution in [3.05, 3.63) is 11.2 Å². The maximum atomic E-state index is 11.9. The molecule has 2 heterocycles. The predicted octanol–water partition coefficient (Wildman–Crippen LogP) is 1.56. The molecule has 0 unspecified atom stereocenters. The third-order valence-corrected chi connectivity index (χ3v) is 4.43. The highest BCUT2D eigenvalue weighted by Crippen LogP contribution is 2.20. The smallest absolute Gasteiger partial charge is 0.236 e. The van der Waals surface area contributed by atoms with Crippen LogP contribution < -0.4 is 15.4 Å². The lowest BCUT2D eigenvalue weighted by atomic mass is 10.2. The van der Waals surface area contributed by atoms with Gasteiger partial charge in [-0.3, -0.25) is 10.1 Å². The molecule has 1 aromatic heterocycles. The molecule has 0 aromatic carbocycles. The van der Waals surface area contributed by atoms with Crippen LogP contribution in [0.15, 0.2) is 6.07 Å². The molecule has 0 radical (unpaired) electrons. The Hall–Kier alpha value is -1.05. The Morgan fingerprint density at radius 1 is 1.55 bits per heavy atom. The van der Waals surface area contributed by atoms with Gasteiger partial charge in [-0.1, -0.05) is 11.6 Å². The third kappa shape index (κ3) is 4.81. The minimum atomic E-state index is -0.127. The van der Waals surface area contributed by atoms with Gasteiger partial charge in [-0.2, -0.15) is 4.98 Å². The first kappa shape index (κ1) is 15.3. The number of hydrogen-bond donors (Lipinski definition) is 2. The molecule has 1 aromatic rings. The van der Waals surface area contributed by atoms with Gasteiger partial charge >= 0.3 is 0 Å². The van der Waals surface area contributed by atoms with E-state index in [2.05, 4.69) is 20.6 Å². The summed E-state index contributed by atoms with van der Waals surface area (Å²) in [7, 11) is 1.48. The number of carbonyl (C=O) groups is 1. The fourth-order valence-corrected chi connectivity index (χ4v) is 3.08. The van der Waals surface area contributed by atoms with Gasteiger partial charge in [0, 0.05) is 11.3 Å². The predicted molar refractivity (Wildman–Crippen MR) is 80.6 cm³/mol. The number of carbonyl (C=O) groups excluding carboxylic acids is 1. The second-order valence-corrected chi connectivity index (χ2v) is 6.04. The number of nitrogens with one attached hydrogen (secondary N) is 2. The van der Waals surface area contributed by atoms with Crippen molar-refractivity contribution in [2.24, 2.45) is 0 Å². The molecule has 8 heteroatoms. The SMILES string of the molecule is COc1cc(Cl)nc(NC(=O)CSC2CCNCC2)n1. The molecule has 1 aliphatic rings. The van der Waals surface area contributed by atoms with Crippen molar-refractivity contribution in [3.8, 4) is 5.88 Å². The van der Waals surface area contributed by atoms with E-state index in [9.17, 15) is 4.79 Å². The minimum absolute atomic E-state index is 0.127. The number of thioether (sulfide) groups is 1. The zero-order valence-electron chi connectivity index (χ0n) is 11.2. The first-order chi connectivity index (χ1) is 9.67. The molecular weight excluding hydrogens is 300 g/mol. The number of rotatable bonds is 5. The molecule has 0 atom stereocenters. The van der Waals surface area contributed by atoms with Crippen molar-refractivity contribution < 1.29 is 9.53 Å². The molecule has 6 nitrogen and oxygen atoms in total. The first-order valence-electron chi connectivity index (χ1n) is 6.38. The number of hydrogen-bond acceptors (Lipinski definition) is 6. The average Bonchev–Trinajstić information content (AvgIpc) is 2.45. The van der Waals surface area contributed by atoms with Crippen molar-refractivity contribution in [1.82, 2.24) is 15.3 Å². The number of halogens is 1. The number of methoxy groups -OCH3 is 1. The van der Waals surface area contributed by atoms with Gasteiger partial charge in [0.2, 0.25) is 17.7 Å². The van der Waals surface area contributed by atoms with Crippen molar-refractivity contribution in [2.75, 3.05) is 31.3 Å². The van der Waals surface area contributed by atoms with Gasteiger partial charge in [-0.25, -0.2) is 4.98 Å². The third-order valence-electron chi connectivity index (χ3n) is 2.87. The van der Waals surface area contributed by atoms with E-state index in [1.807, 2.05) is 0 Å². The molecule has 0 spiro atoms. The van der Waals surface area contributed by atoms with Gasteiger partial charge in [-0.05, 0) is 25.9 Å². The van der Waals surface area contributed by atoms with Crippen LogP contribution >= 0.6 is 23.4 Å². The zero-order chi connectivity index (χ0) is 14.4. The second kappa shape index (κ2) is 7.66. The monoisotopic (exact) mass is 316 g/mol. The average molecular weight is 317 g/mol. The fourth-order valence-electron chi connectivity index (χ4n) is 1.87. The summed E-state index contributed by atoms with van der Waals surface area (Å²) in [6.45, 7) is 2.04. The lowest BCUT2D eigenvalue weighted by molar-refractivity contribution is -0.113. The van der Waals surface area contributed by atoms with Gasteiger partial charge < -0.3 is 10.1 Å². The Kier molecular flexibility index (Phi) is 5.87. The maximum Gasteiger partial charge on any atom is 0.236 e. The summed E-state index contributed by atoms with van der Waals surface area (Å²) in [6, 6.07) is 1.49. The number of amides is 1. The van der Waals surface area contributed by atoms with Gasteiger partial charge in [0.25, 0.3) is 0 Å². The number of nitrogens with zero attached hydrogens (tertiary/aromatic N) is 2. The number of aromatic nitrogens is 2. The van der Waals surface area contributed by atoms with Crippen LogP contribution in [0.2, 0.25) is 5.15 Å². The van der Waals surface area contributed by atoms with E-state index in [1.165, 1.54) is 13.2 Å². The van der Waals surface area contributed by atoms with E-state index < -0.39 is 0 Å². The highest BCUT2D eigenvalue weighted by molar-refractivity contribution is 8.00. The van der Waals surface area contributed by atoms with Gasteiger partial charge in [0.15, 0.2) is 0 Å². The Morgan fingerprint density at radius 3 is 3.00 bits per heavy atom. The molecule has 1 amide bonds. The van der Waals surface area contributed by atoms with Crippen LogP contribution in [0, 0.1) is 0 Å². The standard InChI is InChI=1S/C12H17ClN4O2S/c1-19-11-6-9(13)15-12(17-11)16-10(18)7-20-8-2-4-14-5-3-8/h6,8,14H,2-5,7H2,1H3,(H,15,16,17,18). The fraction of sp³-hybridized carbons (Fsp3) is 0.583. The molecule has 2 N–H and O–H groups in total. The van der Waals surface area contributed by atoms with Crippen molar-refractivity contribution in [1.29, 1.82) is 0 Å².